The van der Waals surface area contributed by atoms with Crippen molar-refractivity contribution in [2.45, 2.75) is 50.5 Å². The molecule has 3 aliphatic rings. The topological polar surface area (TPSA) is 102 Å². The van der Waals surface area contributed by atoms with Gasteiger partial charge in [0.1, 0.15) is 11.8 Å². The van der Waals surface area contributed by atoms with Gasteiger partial charge >= 0.3 is 0 Å². The Labute approximate surface area is 230 Å². The summed E-state index contributed by atoms with van der Waals surface area (Å²) in [6.45, 7) is 10.7. The summed E-state index contributed by atoms with van der Waals surface area (Å²) in [6, 6.07) is 8.29. The largest absolute Gasteiger partial charge is 0.390 e. The lowest BCUT2D eigenvalue weighted by molar-refractivity contribution is -0.128. The first-order valence-corrected chi connectivity index (χ1v) is 13.7. The third-order valence-corrected chi connectivity index (χ3v) is 7.98. The number of aliphatic imine (C=N–C) groups is 1. The van der Waals surface area contributed by atoms with Gasteiger partial charge < -0.3 is 35.1 Å². The van der Waals surface area contributed by atoms with Crippen molar-refractivity contribution in [1.29, 1.82) is 0 Å². The van der Waals surface area contributed by atoms with Crippen molar-refractivity contribution in [1.82, 2.24) is 15.1 Å². The zero-order chi connectivity index (χ0) is 27.1. The van der Waals surface area contributed by atoms with E-state index >= 15 is 0 Å². The van der Waals surface area contributed by atoms with Gasteiger partial charge in [0.05, 0.1) is 25.7 Å². The van der Waals surface area contributed by atoms with Crippen LogP contribution < -0.4 is 11.1 Å². The molecule has 0 radical (unpaired) electrons. The van der Waals surface area contributed by atoms with E-state index in [1.54, 1.807) is 7.11 Å². The Morgan fingerprint density at radius 2 is 1.92 bits per heavy atom. The Bertz CT molecular complexity index is 1020. The van der Waals surface area contributed by atoms with Gasteiger partial charge in [-0.25, -0.2) is 4.99 Å². The van der Waals surface area contributed by atoms with Gasteiger partial charge in [-0.15, -0.1) is 0 Å². The smallest absolute Gasteiger partial charge is 0.272 e. The van der Waals surface area contributed by atoms with Gasteiger partial charge in [0, 0.05) is 68.3 Å². The number of rotatable bonds is 8. The molecule has 3 heterocycles. The van der Waals surface area contributed by atoms with Gasteiger partial charge in [-0.1, -0.05) is 30.3 Å². The van der Waals surface area contributed by atoms with Crippen molar-refractivity contribution < 1.29 is 19.0 Å². The van der Waals surface area contributed by atoms with E-state index in [9.17, 15) is 4.79 Å². The number of carbonyl (C=O) groups is 1. The number of hydrogen-bond donors (Lipinski definition) is 2. The molecule has 3 unspecified atom stereocenters. The molecule has 1 amide bonds. The number of nitrogens with two attached hydrogens (primary N) is 1. The molecule has 3 N–H and O–H groups in total. The minimum absolute atomic E-state index is 0.0602. The molecule has 208 valence electrons. The molecule has 3 atom stereocenters. The zero-order valence-electron chi connectivity index (χ0n) is 22.4. The number of allylic oxidation sites excluding steroid dienone is 1. The normalized spacial score (nSPS) is 25.9. The monoisotopic (exact) mass is 545 g/mol. The lowest BCUT2D eigenvalue weighted by atomic mass is 9.99. The molecule has 0 bridgehead atoms. The summed E-state index contributed by atoms with van der Waals surface area (Å²) in [5.74, 6) is -0.118. The number of benzene rings is 1. The summed E-state index contributed by atoms with van der Waals surface area (Å²) in [5.41, 5.74) is 8.54. The van der Waals surface area contributed by atoms with Crippen molar-refractivity contribution in [3.05, 3.63) is 58.4 Å². The number of methoxy groups -OCH3 is 1. The van der Waals surface area contributed by atoms with Crippen LogP contribution in [-0.4, -0.2) is 93.3 Å². The molecule has 10 heteroatoms. The molecular formula is C28H40ClN5O4. The number of nitrogens with zero attached hydrogens (tertiary/aromatic N) is 3. The highest BCUT2D eigenvalue weighted by atomic mass is 35.5. The summed E-state index contributed by atoms with van der Waals surface area (Å²) >= 11 is 6.05. The summed E-state index contributed by atoms with van der Waals surface area (Å²) in [7, 11) is 1.73. The van der Waals surface area contributed by atoms with Gasteiger partial charge in [0.15, 0.2) is 0 Å². The molecule has 9 nitrogen and oxygen atoms in total. The van der Waals surface area contributed by atoms with Crippen LogP contribution in [0.1, 0.15) is 37.9 Å². The molecule has 0 aliphatic carbocycles. The van der Waals surface area contributed by atoms with Crippen LogP contribution in [0.5, 0.6) is 0 Å². The van der Waals surface area contributed by atoms with Crippen LogP contribution in [0.3, 0.4) is 0 Å². The Hall–Kier alpha value is -2.43. The van der Waals surface area contributed by atoms with Crippen LogP contribution in [0.15, 0.2) is 52.8 Å². The number of likely N-dealkylation sites (tertiary alicyclic amines) is 1. The number of carbonyl (C=O) groups excluding carboxylic acids is 1. The third kappa shape index (κ3) is 6.95. The fourth-order valence-electron chi connectivity index (χ4n) is 5.37. The Morgan fingerprint density at radius 1 is 1.18 bits per heavy atom. The molecule has 1 aromatic rings. The molecule has 0 aromatic heterocycles. The zero-order valence-corrected chi connectivity index (χ0v) is 23.2. The maximum Gasteiger partial charge on any atom is 0.272 e. The minimum Gasteiger partial charge on any atom is -0.390 e. The second kappa shape index (κ2) is 13.6. The number of amides is 1. The molecule has 38 heavy (non-hydrogen) atoms. The predicted molar refractivity (Wildman–Crippen MR) is 149 cm³/mol. The molecule has 1 aromatic carbocycles. The van der Waals surface area contributed by atoms with Crippen LogP contribution >= 0.6 is 11.6 Å². The molecule has 3 saturated heterocycles. The van der Waals surface area contributed by atoms with Crippen LogP contribution in [0.4, 0.5) is 0 Å². The fourth-order valence-corrected chi connectivity index (χ4v) is 5.50. The molecule has 0 saturated carbocycles. The maximum absolute atomic E-state index is 13.6. The first kappa shape index (κ1) is 28.6. The predicted octanol–water partition coefficient (Wildman–Crippen LogP) is 2.87. The highest BCUT2D eigenvalue weighted by Crippen LogP contribution is 2.29. The Morgan fingerprint density at radius 3 is 2.61 bits per heavy atom. The van der Waals surface area contributed by atoms with Crippen LogP contribution in [0, 0.1) is 0 Å². The lowest BCUT2D eigenvalue weighted by Crippen LogP contribution is -2.54. The van der Waals surface area contributed by atoms with E-state index < -0.39 is 0 Å². The molecule has 4 rings (SSSR count). The van der Waals surface area contributed by atoms with Crippen molar-refractivity contribution in [2.24, 2.45) is 10.7 Å². The maximum atomic E-state index is 13.6. The second-order valence-corrected chi connectivity index (χ2v) is 10.5. The summed E-state index contributed by atoms with van der Waals surface area (Å²) in [5, 5.41) is 4.42. The van der Waals surface area contributed by atoms with E-state index in [1.165, 1.54) is 6.34 Å². The van der Waals surface area contributed by atoms with Crippen molar-refractivity contribution >= 4 is 23.8 Å². The SMILES string of the molecule is C=C(/C(C)=C(\N=C/N)C(=O)N1CCC(NC2CCOCC2OC)CC1)N1CCOC(c2ccc(Cl)cc2)C1. The summed E-state index contributed by atoms with van der Waals surface area (Å²) < 4.78 is 17.1. The summed E-state index contributed by atoms with van der Waals surface area (Å²) in [4.78, 5) is 21.9. The number of piperidine rings is 1. The molecular weight excluding hydrogens is 506 g/mol. The number of morpholine rings is 1. The first-order valence-electron chi connectivity index (χ1n) is 13.3. The van der Waals surface area contributed by atoms with Crippen molar-refractivity contribution in [2.75, 3.05) is 53.1 Å². The number of halogens is 1. The summed E-state index contributed by atoms with van der Waals surface area (Å²) in [6.07, 6.45) is 3.80. The average molecular weight is 546 g/mol. The quantitative estimate of drug-likeness (QED) is 0.224. The van der Waals surface area contributed by atoms with E-state index in [0.29, 0.717) is 56.2 Å². The van der Waals surface area contributed by atoms with E-state index in [-0.39, 0.29) is 24.2 Å². The Balaban J connectivity index is 1.38. The van der Waals surface area contributed by atoms with Crippen molar-refractivity contribution in [3.8, 4) is 0 Å². The van der Waals surface area contributed by atoms with Gasteiger partial charge in [0.25, 0.3) is 5.91 Å². The highest BCUT2D eigenvalue weighted by molar-refractivity contribution is 6.30. The van der Waals surface area contributed by atoms with Gasteiger partial charge in [-0.05, 0) is 43.9 Å². The van der Waals surface area contributed by atoms with Gasteiger partial charge in [-0.2, -0.15) is 0 Å². The molecule has 0 spiro atoms. The first-order chi connectivity index (χ1) is 18.4. The average Bonchev–Trinajstić information content (AvgIpc) is 2.96. The van der Waals surface area contributed by atoms with Crippen LogP contribution in [0.25, 0.3) is 0 Å². The van der Waals surface area contributed by atoms with Crippen LogP contribution in [-0.2, 0) is 19.0 Å². The van der Waals surface area contributed by atoms with E-state index in [4.69, 9.17) is 31.5 Å². The van der Waals surface area contributed by atoms with Crippen LogP contribution in [0.2, 0.25) is 5.02 Å². The van der Waals surface area contributed by atoms with Gasteiger partial charge in [0.2, 0.25) is 0 Å². The fraction of sp³-hybridized carbons (Fsp3) is 0.571. The minimum atomic E-state index is -0.118. The van der Waals surface area contributed by atoms with Gasteiger partial charge in [-0.3, -0.25) is 4.79 Å². The Kier molecular flexibility index (Phi) is 10.2. The van der Waals surface area contributed by atoms with Crippen molar-refractivity contribution in [3.63, 3.8) is 0 Å². The molecule has 3 aliphatic heterocycles. The number of nitrogens with one attached hydrogen (secondary N) is 1. The van der Waals surface area contributed by atoms with E-state index in [1.807, 2.05) is 36.1 Å². The van der Waals surface area contributed by atoms with E-state index in [2.05, 4.69) is 21.8 Å². The number of ether oxygens (including phenoxy) is 3. The standard InChI is InChI=1S/C28H40ClN5O4/c1-19(20(2)34-13-15-38-25(16-34)21-4-6-22(29)7-5-21)27(31-18-30)28(35)33-11-8-23(9-12-33)32-24-10-14-37-17-26(24)36-3/h4-7,18,23-26,32H,2,8-17H2,1,3H3,(H2,30,31)/b27-19-. The lowest BCUT2D eigenvalue weighted by Gasteiger charge is -2.38. The molecule has 3 fully saturated rings. The third-order valence-electron chi connectivity index (χ3n) is 7.72. The highest BCUT2D eigenvalue weighted by Gasteiger charge is 2.32. The number of hydrogen-bond acceptors (Lipinski definition) is 7. The van der Waals surface area contributed by atoms with E-state index in [0.717, 1.165) is 42.7 Å². The second-order valence-electron chi connectivity index (χ2n) is 10.0.